The quantitative estimate of drug-likeness (QED) is 0.0428. The summed E-state index contributed by atoms with van der Waals surface area (Å²) < 4.78 is 10.2. The standard InChI is InChI=1S/C32H63N7O9/c1-45-26-27-46-32(44)39(22-20-37-30(42)14-6-2-10-18-35-28(40)16-8-4-12-24-47-33)23-21-38-31(43)15-7-3-11-19-36-29(41)17-9-5-13-25-48-34/h2-27,33-34H2,1H3,(H,35,40)(H,36,41)(H,37,42)(H,38,43). The van der Waals surface area contributed by atoms with Crippen LogP contribution in [0.1, 0.15) is 103 Å². The highest BCUT2D eigenvalue weighted by molar-refractivity contribution is 5.77. The molecule has 0 spiro atoms. The molecule has 16 nitrogen and oxygen atoms in total. The van der Waals surface area contributed by atoms with E-state index >= 15 is 0 Å². The maximum atomic E-state index is 12.6. The molecule has 8 N–H and O–H groups in total. The van der Waals surface area contributed by atoms with Crippen LogP contribution in [-0.4, -0.2) is 107 Å². The number of unbranched alkanes of at least 4 members (excludes halogenated alkanes) is 8. The van der Waals surface area contributed by atoms with Crippen molar-refractivity contribution in [2.24, 2.45) is 11.8 Å². The van der Waals surface area contributed by atoms with Gasteiger partial charge in [0.25, 0.3) is 0 Å². The molecule has 0 aliphatic rings. The van der Waals surface area contributed by atoms with E-state index < -0.39 is 6.09 Å². The number of methoxy groups -OCH3 is 1. The van der Waals surface area contributed by atoms with E-state index in [9.17, 15) is 24.0 Å². The third-order valence-corrected chi connectivity index (χ3v) is 7.32. The summed E-state index contributed by atoms with van der Waals surface area (Å²) >= 11 is 0. The number of nitrogens with one attached hydrogen (secondary N) is 4. The van der Waals surface area contributed by atoms with E-state index in [0.29, 0.717) is 64.8 Å². The van der Waals surface area contributed by atoms with Crippen molar-refractivity contribution in [1.82, 2.24) is 26.2 Å². The van der Waals surface area contributed by atoms with Crippen LogP contribution in [0.15, 0.2) is 0 Å². The summed E-state index contributed by atoms with van der Waals surface area (Å²) in [5.41, 5.74) is 0. The Morgan fingerprint density at radius 1 is 0.479 bits per heavy atom. The van der Waals surface area contributed by atoms with Gasteiger partial charge in [-0.15, -0.1) is 0 Å². The molecule has 280 valence electrons. The van der Waals surface area contributed by atoms with Crippen LogP contribution < -0.4 is 33.1 Å². The van der Waals surface area contributed by atoms with E-state index in [1.807, 2.05) is 0 Å². The Kier molecular flexibility index (Phi) is 31.7. The predicted molar refractivity (Wildman–Crippen MR) is 181 cm³/mol. The Balaban J connectivity index is 4.12. The minimum atomic E-state index is -0.547. The van der Waals surface area contributed by atoms with Crippen LogP contribution in [0.5, 0.6) is 0 Å². The minimum Gasteiger partial charge on any atom is -0.447 e. The zero-order valence-corrected chi connectivity index (χ0v) is 29.2. The average Bonchev–Trinajstić information content (AvgIpc) is 3.07. The molecule has 0 bridgehead atoms. The average molecular weight is 690 g/mol. The molecule has 0 saturated carbocycles. The Morgan fingerprint density at radius 2 is 0.854 bits per heavy atom. The molecule has 0 aliphatic heterocycles. The van der Waals surface area contributed by atoms with Gasteiger partial charge in [0.05, 0.1) is 19.8 Å². The Bertz CT molecular complexity index is 797. The largest absolute Gasteiger partial charge is 0.447 e. The number of nitrogens with two attached hydrogens (primary N) is 2. The molecule has 48 heavy (non-hydrogen) atoms. The molecule has 0 fully saturated rings. The normalized spacial score (nSPS) is 10.7. The molecule has 0 unspecified atom stereocenters. The van der Waals surface area contributed by atoms with Gasteiger partial charge in [0, 0.05) is 72.1 Å². The number of carbonyl (C=O) groups excluding carboxylic acids is 5. The van der Waals surface area contributed by atoms with Crippen LogP contribution in [0.25, 0.3) is 0 Å². The van der Waals surface area contributed by atoms with Gasteiger partial charge in [-0.3, -0.25) is 19.2 Å². The number of ether oxygens (including phenoxy) is 2. The second-order valence-corrected chi connectivity index (χ2v) is 11.5. The van der Waals surface area contributed by atoms with Crippen LogP contribution in [0, 0.1) is 0 Å². The van der Waals surface area contributed by atoms with Gasteiger partial charge in [-0.1, -0.05) is 25.7 Å². The number of hydrogen-bond donors (Lipinski definition) is 6. The van der Waals surface area contributed by atoms with E-state index in [1.54, 1.807) is 0 Å². The van der Waals surface area contributed by atoms with Crippen molar-refractivity contribution in [3.63, 3.8) is 0 Å². The first kappa shape index (κ1) is 45.0. The summed E-state index contributed by atoms with van der Waals surface area (Å²) in [6.45, 7) is 3.47. The Morgan fingerprint density at radius 3 is 1.23 bits per heavy atom. The first-order valence-corrected chi connectivity index (χ1v) is 17.4. The maximum Gasteiger partial charge on any atom is 0.409 e. The highest BCUT2D eigenvalue weighted by atomic mass is 16.6. The first-order chi connectivity index (χ1) is 23.3. The van der Waals surface area contributed by atoms with Gasteiger partial charge in [-0.2, -0.15) is 0 Å². The molecule has 0 aromatic heterocycles. The van der Waals surface area contributed by atoms with Crippen molar-refractivity contribution < 1.29 is 43.1 Å². The topological polar surface area (TPSA) is 226 Å². The zero-order valence-electron chi connectivity index (χ0n) is 29.2. The van der Waals surface area contributed by atoms with Crippen molar-refractivity contribution in [3.8, 4) is 0 Å². The lowest BCUT2D eigenvalue weighted by Crippen LogP contribution is -2.43. The summed E-state index contributed by atoms with van der Waals surface area (Å²) in [5.74, 6) is 9.77. The van der Waals surface area contributed by atoms with Crippen LogP contribution in [0.4, 0.5) is 4.79 Å². The van der Waals surface area contributed by atoms with Crippen LogP contribution in [0.3, 0.4) is 0 Å². The molecule has 16 heteroatoms. The van der Waals surface area contributed by atoms with Crippen molar-refractivity contribution in [3.05, 3.63) is 0 Å². The SMILES string of the molecule is COCCOC(=O)N(CCNC(=O)CCCCCNC(=O)CCCCCON)CCNC(=O)CCCCCNC(=O)CCCCCON. The number of carbonyl (C=O) groups is 5. The third-order valence-electron chi connectivity index (χ3n) is 7.32. The fourth-order valence-corrected chi connectivity index (χ4v) is 4.54. The van der Waals surface area contributed by atoms with E-state index in [4.69, 9.17) is 21.3 Å². The number of nitrogens with zero attached hydrogens (tertiary/aromatic N) is 1. The third kappa shape index (κ3) is 30.3. The molecule has 0 heterocycles. The van der Waals surface area contributed by atoms with Gasteiger partial charge in [0.15, 0.2) is 0 Å². The van der Waals surface area contributed by atoms with Gasteiger partial charge in [-0.25, -0.2) is 16.6 Å². The molecule has 0 saturated heterocycles. The highest BCUT2D eigenvalue weighted by Gasteiger charge is 2.15. The fourth-order valence-electron chi connectivity index (χ4n) is 4.54. The number of rotatable bonds is 33. The molecule has 0 radical (unpaired) electrons. The van der Waals surface area contributed by atoms with Crippen LogP contribution in [-0.2, 0) is 38.3 Å². The molecule has 0 aliphatic carbocycles. The zero-order chi connectivity index (χ0) is 35.5. The second kappa shape index (κ2) is 33.8. The van der Waals surface area contributed by atoms with Crippen molar-refractivity contribution in [1.29, 1.82) is 0 Å². The number of amides is 5. The molecule has 0 aromatic rings. The summed E-state index contributed by atoms with van der Waals surface area (Å²) in [4.78, 5) is 71.2. The van der Waals surface area contributed by atoms with Crippen molar-refractivity contribution in [2.45, 2.75) is 103 Å². The van der Waals surface area contributed by atoms with E-state index in [2.05, 4.69) is 30.9 Å². The lowest BCUT2D eigenvalue weighted by Gasteiger charge is -2.22. The van der Waals surface area contributed by atoms with Crippen LogP contribution >= 0.6 is 0 Å². The first-order valence-electron chi connectivity index (χ1n) is 17.4. The van der Waals surface area contributed by atoms with E-state index in [0.717, 1.165) is 64.2 Å². The van der Waals surface area contributed by atoms with Gasteiger partial charge in [-0.05, 0) is 51.4 Å². The molecule has 0 aromatic carbocycles. The Labute approximate surface area is 286 Å². The molecule has 5 amide bonds. The molecular formula is C32H63N7O9. The summed E-state index contributed by atoms with van der Waals surface area (Å²) in [6.07, 6.45) is 10.7. The lowest BCUT2D eigenvalue weighted by molar-refractivity contribution is -0.122. The monoisotopic (exact) mass is 689 g/mol. The highest BCUT2D eigenvalue weighted by Crippen LogP contribution is 2.03. The summed E-state index contributed by atoms with van der Waals surface area (Å²) in [5, 5.41) is 11.4. The summed E-state index contributed by atoms with van der Waals surface area (Å²) in [7, 11) is 1.51. The van der Waals surface area contributed by atoms with Crippen LogP contribution in [0.2, 0.25) is 0 Å². The molecular weight excluding hydrogens is 626 g/mol. The number of hydrogen-bond acceptors (Lipinski definition) is 11. The summed E-state index contributed by atoms with van der Waals surface area (Å²) in [6, 6.07) is 0. The maximum absolute atomic E-state index is 12.6. The van der Waals surface area contributed by atoms with Crippen molar-refractivity contribution >= 4 is 29.7 Å². The van der Waals surface area contributed by atoms with Crippen molar-refractivity contribution in [2.75, 3.05) is 72.8 Å². The smallest absolute Gasteiger partial charge is 0.409 e. The van der Waals surface area contributed by atoms with E-state index in [-0.39, 0.29) is 63.0 Å². The van der Waals surface area contributed by atoms with E-state index in [1.165, 1.54) is 12.0 Å². The van der Waals surface area contributed by atoms with Gasteiger partial charge < -0.3 is 45.3 Å². The minimum absolute atomic E-state index is 0.0262. The van der Waals surface area contributed by atoms with Gasteiger partial charge in [0.1, 0.15) is 6.61 Å². The molecule has 0 rings (SSSR count). The Hall–Kier alpha value is -3.05. The second-order valence-electron chi connectivity index (χ2n) is 11.5. The van der Waals surface area contributed by atoms with Gasteiger partial charge in [0.2, 0.25) is 23.6 Å². The lowest BCUT2D eigenvalue weighted by atomic mass is 10.1. The van der Waals surface area contributed by atoms with Gasteiger partial charge >= 0.3 is 6.09 Å². The predicted octanol–water partition coefficient (Wildman–Crippen LogP) is 1.56. The molecule has 0 atom stereocenters. The fraction of sp³-hybridized carbons (Fsp3) is 0.844.